The second-order valence-corrected chi connectivity index (χ2v) is 4.63. The molecule has 0 unspecified atom stereocenters. The highest BCUT2D eigenvalue weighted by Gasteiger charge is 2.10. The number of carbonyl (C=O) groups is 2. The van der Waals surface area contributed by atoms with E-state index in [1.807, 2.05) is 6.92 Å². The van der Waals surface area contributed by atoms with E-state index >= 15 is 0 Å². The second-order valence-electron chi connectivity index (χ2n) is 3.73. The minimum absolute atomic E-state index is 0.189. The van der Waals surface area contributed by atoms with Gasteiger partial charge in [0.25, 0.3) is 11.8 Å². The number of rotatable bonds is 4. The normalized spacial score (nSPS) is 9.95. The molecule has 1 aromatic heterocycles. The average Bonchev–Trinajstić information content (AvgIpc) is 2.92. The fraction of sp³-hybridized carbons (Fsp3) is 0.154. The van der Waals surface area contributed by atoms with Crippen LogP contribution in [0.1, 0.15) is 27.6 Å². The van der Waals surface area contributed by atoms with Gasteiger partial charge >= 0.3 is 0 Å². The maximum atomic E-state index is 12.0. The molecule has 0 aliphatic rings. The van der Waals surface area contributed by atoms with Crippen molar-refractivity contribution in [3.63, 3.8) is 0 Å². The van der Waals surface area contributed by atoms with Crippen molar-refractivity contribution in [2.45, 2.75) is 6.92 Å². The highest BCUT2D eigenvalue weighted by molar-refractivity contribution is 7.13. The summed E-state index contributed by atoms with van der Waals surface area (Å²) >= 11 is 1.34. The quantitative estimate of drug-likeness (QED) is 0.898. The van der Waals surface area contributed by atoms with Crippen molar-refractivity contribution in [1.29, 1.82) is 0 Å². The number of aromatic nitrogens is 1. The van der Waals surface area contributed by atoms with E-state index in [0.29, 0.717) is 22.8 Å². The minimum Gasteiger partial charge on any atom is -0.352 e. The van der Waals surface area contributed by atoms with Crippen LogP contribution in [-0.2, 0) is 0 Å². The van der Waals surface area contributed by atoms with Crippen molar-refractivity contribution in [1.82, 2.24) is 10.3 Å². The highest BCUT2D eigenvalue weighted by Crippen LogP contribution is 2.13. The molecule has 2 amide bonds. The SMILES string of the molecule is CCNC(=O)c1cccc(C(=O)Nc2nccs2)c1. The Bertz CT molecular complexity index is 581. The molecule has 0 radical (unpaired) electrons. The molecular weight excluding hydrogens is 262 g/mol. The summed E-state index contributed by atoms with van der Waals surface area (Å²) in [5.41, 5.74) is 0.896. The van der Waals surface area contributed by atoms with Crippen LogP contribution in [0.25, 0.3) is 0 Å². The number of benzene rings is 1. The lowest BCUT2D eigenvalue weighted by molar-refractivity contribution is 0.0956. The fourth-order valence-electron chi connectivity index (χ4n) is 1.52. The van der Waals surface area contributed by atoms with Crippen LogP contribution in [0.3, 0.4) is 0 Å². The molecule has 0 saturated carbocycles. The van der Waals surface area contributed by atoms with Gasteiger partial charge < -0.3 is 5.32 Å². The number of carbonyl (C=O) groups excluding carboxylic acids is 2. The van der Waals surface area contributed by atoms with Gasteiger partial charge in [-0.05, 0) is 25.1 Å². The highest BCUT2D eigenvalue weighted by atomic mass is 32.1. The van der Waals surface area contributed by atoms with Crippen molar-refractivity contribution in [3.05, 3.63) is 47.0 Å². The van der Waals surface area contributed by atoms with Crippen LogP contribution in [0.5, 0.6) is 0 Å². The van der Waals surface area contributed by atoms with E-state index < -0.39 is 0 Å². The van der Waals surface area contributed by atoms with E-state index in [2.05, 4.69) is 15.6 Å². The molecule has 98 valence electrons. The van der Waals surface area contributed by atoms with Gasteiger partial charge in [-0.3, -0.25) is 14.9 Å². The number of nitrogens with one attached hydrogen (secondary N) is 2. The molecule has 0 aliphatic heterocycles. The first kappa shape index (κ1) is 13.2. The predicted molar refractivity (Wildman–Crippen MR) is 74.5 cm³/mol. The predicted octanol–water partition coefficient (Wildman–Crippen LogP) is 2.15. The Kier molecular flexibility index (Phi) is 4.25. The molecule has 1 aromatic carbocycles. The summed E-state index contributed by atoms with van der Waals surface area (Å²) in [6.07, 6.45) is 1.62. The Hall–Kier alpha value is -2.21. The maximum Gasteiger partial charge on any atom is 0.257 e. The summed E-state index contributed by atoms with van der Waals surface area (Å²) in [6.45, 7) is 2.39. The summed E-state index contributed by atoms with van der Waals surface area (Å²) < 4.78 is 0. The molecule has 0 saturated heterocycles. The number of amides is 2. The molecular formula is C13H13N3O2S. The number of anilines is 1. The fourth-order valence-corrected chi connectivity index (χ4v) is 2.04. The summed E-state index contributed by atoms with van der Waals surface area (Å²) in [6, 6.07) is 6.58. The van der Waals surface area contributed by atoms with E-state index in [0.717, 1.165) is 0 Å². The zero-order valence-corrected chi connectivity index (χ0v) is 11.2. The van der Waals surface area contributed by atoms with E-state index in [9.17, 15) is 9.59 Å². The molecule has 2 rings (SSSR count). The smallest absolute Gasteiger partial charge is 0.257 e. The summed E-state index contributed by atoms with van der Waals surface area (Å²) in [7, 11) is 0. The Labute approximate surface area is 114 Å². The Morgan fingerprint density at radius 2 is 2.00 bits per heavy atom. The number of thiazole rings is 1. The van der Waals surface area contributed by atoms with Gasteiger partial charge in [-0.1, -0.05) is 6.07 Å². The van der Waals surface area contributed by atoms with Crippen molar-refractivity contribution in [3.8, 4) is 0 Å². The molecule has 1 heterocycles. The van der Waals surface area contributed by atoms with Gasteiger partial charge in [0.2, 0.25) is 0 Å². The van der Waals surface area contributed by atoms with Gasteiger partial charge in [0.15, 0.2) is 5.13 Å². The Balaban J connectivity index is 2.14. The second kappa shape index (κ2) is 6.10. The molecule has 0 aliphatic carbocycles. The summed E-state index contributed by atoms with van der Waals surface area (Å²) in [5, 5.41) is 7.68. The van der Waals surface area contributed by atoms with Gasteiger partial charge in [-0.2, -0.15) is 0 Å². The number of hydrogen-bond donors (Lipinski definition) is 2. The molecule has 6 heteroatoms. The van der Waals surface area contributed by atoms with Gasteiger partial charge in [0.1, 0.15) is 0 Å². The van der Waals surface area contributed by atoms with Gasteiger partial charge in [-0.25, -0.2) is 4.98 Å². The van der Waals surface area contributed by atoms with Crippen molar-refractivity contribution in [2.75, 3.05) is 11.9 Å². The van der Waals surface area contributed by atoms with E-state index in [4.69, 9.17) is 0 Å². The maximum absolute atomic E-state index is 12.0. The van der Waals surface area contributed by atoms with E-state index in [1.54, 1.807) is 35.8 Å². The lowest BCUT2D eigenvalue weighted by Gasteiger charge is -2.05. The van der Waals surface area contributed by atoms with Crippen LogP contribution in [0, 0.1) is 0 Å². The number of hydrogen-bond acceptors (Lipinski definition) is 4. The first-order valence-corrected chi connectivity index (χ1v) is 6.67. The summed E-state index contributed by atoms with van der Waals surface area (Å²) in [4.78, 5) is 27.6. The van der Waals surface area contributed by atoms with E-state index in [1.165, 1.54) is 11.3 Å². The van der Waals surface area contributed by atoms with Crippen LogP contribution >= 0.6 is 11.3 Å². The topological polar surface area (TPSA) is 71.1 Å². The van der Waals surface area contributed by atoms with Crippen molar-refractivity contribution < 1.29 is 9.59 Å². The number of nitrogens with zero attached hydrogens (tertiary/aromatic N) is 1. The summed E-state index contributed by atoms with van der Waals surface area (Å²) in [5.74, 6) is -0.465. The van der Waals surface area contributed by atoms with Crippen LogP contribution in [0.15, 0.2) is 35.8 Å². The molecule has 0 bridgehead atoms. The van der Waals surface area contributed by atoms with Crippen LogP contribution in [0.2, 0.25) is 0 Å². The average molecular weight is 275 g/mol. The zero-order chi connectivity index (χ0) is 13.7. The Morgan fingerprint density at radius 1 is 1.26 bits per heavy atom. The molecule has 0 atom stereocenters. The molecule has 2 N–H and O–H groups in total. The Morgan fingerprint density at radius 3 is 2.63 bits per heavy atom. The van der Waals surface area contributed by atoms with Gasteiger partial charge in [0.05, 0.1) is 0 Å². The largest absolute Gasteiger partial charge is 0.352 e. The van der Waals surface area contributed by atoms with E-state index in [-0.39, 0.29) is 11.8 Å². The lowest BCUT2D eigenvalue weighted by atomic mass is 10.1. The van der Waals surface area contributed by atoms with Crippen molar-refractivity contribution in [2.24, 2.45) is 0 Å². The third kappa shape index (κ3) is 3.38. The van der Waals surface area contributed by atoms with Crippen LogP contribution < -0.4 is 10.6 Å². The zero-order valence-electron chi connectivity index (χ0n) is 10.3. The third-order valence-electron chi connectivity index (χ3n) is 2.38. The van der Waals surface area contributed by atoms with Crippen molar-refractivity contribution >= 4 is 28.3 Å². The van der Waals surface area contributed by atoms with Gasteiger partial charge in [0, 0.05) is 29.2 Å². The van der Waals surface area contributed by atoms with Crippen LogP contribution in [0.4, 0.5) is 5.13 Å². The van der Waals surface area contributed by atoms with Crippen LogP contribution in [-0.4, -0.2) is 23.3 Å². The molecule has 2 aromatic rings. The monoisotopic (exact) mass is 275 g/mol. The minimum atomic E-state index is -0.277. The molecule has 0 fully saturated rings. The molecule has 0 spiro atoms. The lowest BCUT2D eigenvalue weighted by Crippen LogP contribution is -2.23. The molecule has 5 nitrogen and oxygen atoms in total. The first-order valence-electron chi connectivity index (χ1n) is 5.80. The first-order chi connectivity index (χ1) is 9.20. The van der Waals surface area contributed by atoms with Gasteiger partial charge in [-0.15, -0.1) is 11.3 Å². The molecule has 19 heavy (non-hydrogen) atoms. The third-order valence-corrected chi connectivity index (χ3v) is 3.07. The standard InChI is InChI=1S/C13H13N3O2S/c1-2-14-11(17)9-4-3-5-10(8-9)12(18)16-13-15-6-7-19-13/h3-8H,2H2,1H3,(H,14,17)(H,15,16,18).